The van der Waals surface area contributed by atoms with Crippen LogP contribution in [-0.4, -0.2) is 18.5 Å². The van der Waals surface area contributed by atoms with E-state index in [9.17, 15) is 14.0 Å². The van der Waals surface area contributed by atoms with Crippen molar-refractivity contribution in [2.24, 2.45) is 0 Å². The number of para-hydroxylation sites is 1. The molecule has 0 radical (unpaired) electrons. The Kier molecular flexibility index (Phi) is 3.79. The molecule has 5 heteroatoms. The Morgan fingerprint density at radius 3 is 2.53 bits per heavy atom. The number of halogens is 1. The van der Waals surface area contributed by atoms with Gasteiger partial charge in [-0.3, -0.25) is 0 Å². The second kappa shape index (κ2) is 5.09. The second-order valence-electron chi connectivity index (χ2n) is 2.54. The summed E-state index contributed by atoms with van der Waals surface area (Å²) in [6.45, 7) is 1.61. The maximum absolute atomic E-state index is 13.0. The van der Waals surface area contributed by atoms with E-state index in [4.69, 9.17) is 0 Å². The van der Waals surface area contributed by atoms with Gasteiger partial charge in [0.15, 0.2) is 11.6 Å². The van der Waals surface area contributed by atoms with Crippen LogP contribution in [0, 0.1) is 5.82 Å². The van der Waals surface area contributed by atoms with Crippen molar-refractivity contribution in [2.75, 3.05) is 6.61 Å². The Morgan fingerprint density at radius 2 is 1.93 bits per heavy atom. The summed E-state index contributed by atoms with van der Waals surface area (Å²) in [4.78, 5) is 21.8. The molecule has 15 heavy (non-hydrogen) atoms. The first kappa shape index (κ1) is 11.2. The minimum atomic E-state index is -1.23. The van der Waals surface area contributed by atoms with Crippen molar-refractivity contribution < 1.29 is 23.5 Å². The molecule has 0 saturated heterocycles. The molecule has 0 aromatic heterocycles. The van der Waals surface area contributed by atoms with Crippen molar-refractivity contribution in [2.45, 2.75) is 6.92 Å². The van der Waals surface area contributed by atoms with Crippen molar-refractivity contribution in [1.82, 2.24) is 0 Å². The van der Waals surface area contributed by atoms with Crippen molar-refractivity contribution in [3.05, 3.63) is 30.1 Å². The molecule has 0 heterocycles. The molecule has 0 bridgehead atoms. The molecular formula is C10H9FO4. The Labute approximate surface area is 85.6 Å². The lowest BCUT2D eigenvalue weighted by atomic mass is 10.3. The largest absolute Gasteiger partial charge is 0.458 e. The number of benzene rings is 1. The number of esters is 2. The standard InChI is InChI=1S/C10H9FO4/c1-2-14-9(12)10(13)15-8-6-4-3-5-7(8)11/h3-6H,2H2,1H3. The van der Waals surface area contributed by atoms with E-state index >= 15 is 0 Å². The summed E-state index contributed by atoms with van der Waals surface area (Å²) < 4.78 is 21.8. The molecule has 0 unspecified atom stereocenters. The minimum absolute atomic E-state index is 0.0607. The summed E-state index contributed by atoms with van der Waals surface area (Å²) in [6, 6.07) is 5.29. The lowest BCUT2D eigenvalue weighted by Gasteiger charge is -2.03. The maximum atomic E-state index is 13.0. The van der Waals surface area contributed by atoms with Crippen molar-refractivity contribution >= 4 is 11.9 Å². The van der Waals surface area contributed by atoms with E-state index in [1.165, 1.54) is 18.2 Å². The van der Waals surface area contributed by atoms with E-state index < -0.39 is 17.8 Å². The zero-order valence-electron chi connectivity index (χ0n) is 8.03. The van der Waals surface area contributed by atoms with Crippen LogP contribution < -0.4 is 4.74 Å². The molecule has 0 amide bonds. The lowest BCUT2D eigenvalue weighted by Crippen LogP contribution is -2.23. The summed E-state index contributed by atoms with van der Waals surface area (Å²) in [7, 11) is 0. The third-order valence-corrected chi connectivity index (χ3v) is 1.48. The molecule has 0 atom stereocenters. The van der Waals surface area contributed by atoms with Crippen LogP contribution >= 0.6 is 0 Å². The van der Waals surface area contributed by atoms with Crippen molar-refractivity contribution in [3.8, 4) is 5.75 Å². The molecule has 4 nitrogen and oxygen atoms in total. The Balaban J connectivity index is 2.67. The number of rotatable bonds is 2. The van der Waals surface area contributed by atoms with Crippen LogP contribution in [0.4, 0.5) is 4.39 Å². The molecule has 0 spiro atoms. The van der Waals surface area contributed by atoms with Gasteiger partial charge in [-0.1, -0.05) is 12.1 Å². The monoisotopic (exact) mass is 212 g/mol. The molecule has 80 valence electrons. The second-order valence-corrected chi connectivity index (χ2v) is 2.54. The minimum Gasteiger partial charge on any atom is -0.458 e. The number of hydrogen-bond donors (Lipinski definition) is 0. The summed E-state index contributed by atoms with van der Waals surface area (Å²) >= 11 is 0. The molecular weight excluding hydrogens is 203 g/mol. The average Bonchev–Trinajstić information content (AvgIpc) is 2.21. The van der Waals surface area contributed by atoms with Crippen LogP contribution in [0.3, 0.4) is 0 Å². The number of carbonyl (C=O) groups is 2. The Hall–Kier alpha value is -1.91. The van der Waals surface area contributed by atoms with Crippen LogP contribution in [0.2, 0.25) is 0 Å². The van der Waals surface area contributed by atoms with E-state index in [0.717, 1.165) is 6.07 Å². The van der Waals surface area contributed by atoms with Gasteiger partial charge in [-0.2, -0.15) is 0 Å². The van der Waals surface area contributed by atoms with Gasteiger partial charge in [-0.15, -0.1) is 0 Å². The highest BCUT2D eigenvalue weighted by Gasteiger charge is 2.18. The molecule has 1 aromatic carbocycles. The molecule has 0 aliphatic heterocycles. The van der Waals surface area contributed by atoms with Gasteiger partial charge in [0.2, 0.25) is 0 Å². The van der Waals surface area contributed by atoms with Crippen LogP contribution in [0.25, 0.3) is 0 Å². The van der Waals surface area contributed by atoms with Crippen LogP contribution in [-0.2, 0) is 14.3 Å². The smallest absolute Gasteiger partial charge is 0.422 e. The highest BCUT2D eigenvalue weighted by atomic mass is 19.1. The van der Waals surface area contributed by atoms with Gasteiger partial charge < -0.3 is 9.47 Å². The van der Waals surface area contributed by atoms with Gasteiger partial charge in [0, 0.05) is 0 Å². The highest BCUT2D eigenvalue weighted by molar-refractivity contribution is 6.30. The maximum Gasteiger partial charge on any atom is 0.422 e. The number of hydrogen-bond acceptors (Lipinski definition) is 4. The zero-order valence-corrected chi connectivity index (χ0v) is 8.03. The fourth-order valence-electron chi connectivity index (χ4n) is 0.859. The third kappa shape index (κ3) is 3.05. The van der Waals surface area contributed by atoms with Crippen LogP contribution in [0.5, 0.6) is 5.75 Å². The molecule has 1 aromatic rings. The molecule has 0 N–H and O–H groups in total. The van der Waals surface area contributed by atoms with Crippen molar-refractivity contribution in [1.29, 1.82) is 0 Å². The molecule has 0 aliphatic carbocycles. The van der Waals surface area contributed by atoms with Gasteiger partial charge >= 0.3 is 11.9 Å². The SMILES string of the molecule is CCOC(=O)C(=O)Oc1ccccc1F. The van der Waals surface area contributed by atoms with Gasteiger partial charge in [0.05, 0.1) is 6.61 Å². The molecule has 0 fully saturated rings. The van der Waals surface area contributed by atoms with E-state index in [0.29, 0.717) is 0 Å². The van der Waals surface area contributed by atoms with E-state index in [-0.39, 0.29) is 12.4 Å². The van der Waals surface area contributed by atoms with Gasteiger partial charge in [-0.25, -0.2) is 14.0 Å². The highest BCUT2D eigenvalue weighted by Crippen LogP contribution is 2.15. The van der Waals surface area contributed by atoms with E-state index in [1.54, 1.807) is 6.92 Å². The first-order valence-corrected chi connectivity index (χ1v) is 4.28. The lowest BCUT2D eigenvalue weighted by molar-refractivity contribution is -0.162. The fraction of sp³-hybridized carbons (Fsp3) is 0.200. The summed E-state index contributed by atoms with van der Waals surface area (Å²) in [6.07, 6.45) is 0. The quantitative estimate of drug-likeness (QED) is 0.421. The molecule has 0 saturated carbocycles. The van der Waals surface area contributed by atoms with Gasteiger partial charge in [0.25, 0.3) is 0 Å². The normalized spacial score (nSPS) is 9.47. The van der Waals surface area contributed by atoms with E-state index in [1.807, 2.05) is 0 Å². The summed E-state index contributed by atoms with van der Waals surface area (Å²) in [5.74, 6) is -3.38. The van der Waals surface area contributed by atoms with Gasteiger partial charge in [0.1, 0.15) is 0 Å². The van der Waals surface area contributed by atoms with E-state index in [2.05, 4.69) is 9.47 Å². The van der Waals surface area contributed by atoms with Gasteiger partial charge in [-0.05, 0) is 19.1 Å². The predicted molar refractivity (Wildman–Crippen MR) is 48.7 cm³/mol. The van der Waals surface area contributed by atoms with Crippen LogP contribution in [0.15, 0.2) is 24.3 Å². The first-order chi connectivity index (χ1) is 7.15. The summed E-state index contributed by atoms with van der Waals surface area (Å²) in [5.41, 5.74) is 0. The Morgan fingerprint density at radius 1 is 1.27 bits per heavy atom. The first-order valence-electron chi connectivity index (χ1n) is 4.28. The Bertz CT molecular complexity index is 375. The predicted octanol–water partition coefficient (Wildman–Crippen LogP) is 1.29. The average molecular weight is 212 g/mol. The van der Waals surface area contributed by atoms with Crippen molar-refractivity contribution in [3.63, 3.8) is 0 Å². The fourth-order valence-corrected chi connectivity index (χ4v) is 0.859. The topological polar surface area (TPSA) is 52.6 Å². The summed E-state index contributed by atoms with van der Waals surface area (Å²) in [5, 5.41) is 0. The number of carbonyl (C=O) groups excluding carboxylic acids is 2. The zero-order chi connectivity index (χ0) is 11.3. The third-order valence-electron chi connectivity index (χ3n) is 1.48. The number of ether oxygens (including phenoxy) is 2. The molecule has 1 rings (SSSR count). The molecule has 0 aliphatic rings. The van der Waals surface area contributed by atoms with Crippen LogP contribution in [0.1, 0.15) is 6.92 Å².